The number of hydrogen-bond acceptors (Lipinski definition) is 5. The average molecular weight is 419 g/mol. The normalized spacial score (nSPS) is 16.0. The fourth-order valence-electron chi connectivity index (χ4n) is 3.55. The van der Waals surface area contributed by atoms with E-state index < -0.39 is 17.7 Å². The van der Waals surface area contributed by atoms with Crippen LogP contribution in [0.15, 0.2) is 12.1 Å². The molecule has 1 aromatic rings. The van der Waals surface area contributed by atoms with E-state index in [1.165, 1.54) is 0 Å². The zero-order chi connectivity index (χ0) is 22.6. The zero-order valence-electron chi connectivity index (χ0n) is 19.1. The number of amides is 2. The van der Waals surface area contributed by atoms with Crippen molar-refractivity contribution in [1.29, 1.82) is 0 Å². The van der Waals surface area contributed by atoms with E-state index in [2.05, 4.69) is 5.32 Å². The molecule has 1 atom stereocenters. The van der Waals surface area contributed by atoms with E-state index in [9.17, 15) is 14.4 Å². The summed E-state index contributed by atoms with van der Waals surface area (Å²) in [6.07, 6.45) is -0.294. The Bertz CT molecular complexity index is 781. The van der Waals surface area contributed by atoms with Gasteiger partial charge in [-0.05, 0) is 72.4 Å². The van der Waals surface area contributed by atoms with Gasteiger partial charge in [-0.25, -0.2) is 4.79 Å². The van der Waals surface area contributed by atoms with E-state index in [-0.39, 0.29) is 17.9 Å². The zero-order valence-corrected chi connectivity index (χ0v) is 19.1. The van der Waals surface area contributed by atoms with E-state index in [1.807, 2.05) is 53.7 Å². The number of esters is 1. The molecule has 1 heterocycles. The molecule has 1 saturated heterocycles. The van der Waals surface area contributed by atoms with E-state index in [0.717, 1.165) is 22.4 Å². The first kappa shape index (κ1) is 23.7. The Morgan fingerprint density at radius 2 is 1.60 bits per heavy atom. The van der Waals surface area contributed by atoms with Gasteiger partial charge in [0.05, 0.1) is 5.92 Å². The van der Waals surface area contributed by atoms with Gasteiger partial charge in [-0.3, -0.25) is 9.59 Å². The van der Waals surface area contributed by atoms with Crippen LogP contribution in [0.4, 0.5) is 10.5 Å². The Hall–Kier alpha value is -2.57. The average Bonchev–Trinajstić information content (AvgIpc) is 2.63. The molecule has 166 valence electrons. The first-order chi connectivity index (χ1) is 13.9. The second-order valence-electron chi connectivity index (χ2n) is 9.08. The summed E-state index contributed by atoms with van der Waals surface area (Å²) in [6.45, 7) is 13.8. The van der Waals surface area contributed by atoms with Gasteiger partial charge in [0.2, 0.25) is 0 Å². The fourth-order valence-corrected chi connectivity index (χ4v) is 3.55. The van der Waals surface area contributed by atoms with E-state index in [1.54, 1.807) is 11.8 Å². The molecule has 1 fully saturated rings. The lowest BCUT2D eigenvalue weighted by atomic mass is 9.97. The van der Waals surface area contributed by atoms with Gasteiger partial charge in [-0.1, -0.05) is 17.7 Å². The molecule has 0 radical (unpaired) electrons. The van der Waals surface area contributed by atoms with Crippen molar-refractivity contribution in [3.8, 4) is 0 Å². The Labute approximate surface area is 179 Å². The summed E-state index contributed by atoms with van der Waals surface area (Å²) in [6, 6.07) is 4.00. The molecule has 1 aliphatic heterocycles. The molecule has 2 rings (SSSR count). The smallest absolute Gasteiger partial charge is 0.410 e. The van der Waals surface area contributed by atoms with Gasteiger partial charge < -0.3 is 19.7 Å². The van der Waals surface area contributed by atoms with Crippen molar-refractivity contribution in [3.05, 3.63) is 28.8 Å². The fraction of sp³-hybridized carbons (Fsp3) is 0.609. The molecule has 2 amide bonds. The molecule has 30 heavy (non-hydrogen) atoms. The Kier molecular flexibility index (Phi) is 7.50. The van der Waals surface area contributed by atoms with Gasteiger partial charge in [-0.15, -0.1) is 0 Å². The highest BCUT2D eigenvalue weighted by Gasteiger charge is 2.32. The number of anilines is 1. The third-order valence-corrected chi connectivity index (χ3v) is 5.07. The number of piperidine rings is 1. The second-order valence-corrected chi connectivity index (χ2v) is 9.08. The van der Waals surface area contributed by atoms with Crippen LogP contribution in [0, 0.1) is 26.7 Å². The predicted octanol–water partition coefficient (Wildman–Crippen LogP) is 4.13. The molecule has 1 aromatic carbocycles. The lowest BCUT2D eigenvalue weighted by molar-refractivity contribution is -0.158. The largest absolute Gasteiger partial charge is 0.452 e. The van der Waals surface area contributed by atoms with E-state index in [4.69, 9.17) is 9.47 Å². The van der Waals surface area contributed by atoms with Crippen molar-refractivity contribution >= 4 is 23.7 Å². The maximum atomic E-state index is 12.5. The summed E-state index contributed by atoms with van der Waals surface area (Å²) in [5.41, 5.74) is 3.26. The summed E-state index contributed by atoms with van der Waals surface area (Å²) in [5, 5.41) is 2.87. The van der Waals surface area contributed by atoms with Gasteiger partial charge >= 0.3 is 12.1 Å². The van der Waals surface area contributed by atoms with Crippen molar-refractivity contribution in [2.24, 2.45) is 5.92 Å². The standard InChI is InChI=1S/C23H34N2O5/c1-14-12-15(2)19(16(3)13-14)24-20(26)17(4)29-21(27)18-8-10-25(11-9-18)22(28)30-23(5,6)7/h12-13,17-18H,8-11H2,1-7H3,(H,24,26)/t17-/m1/s1. The van der Waals surface area contributed by atoms with Gasteiger partial charge in [0.25, 0.3) is 5.91 Å². The van der Waals surface area contributed by atoms with Crippen molar-refractivity contribution in [3.63, 3.8) is 0 Å². The number of likely N-dealkylation sites (tertiary alicyclic amines) is 1. The SMILES string of the molecule is Cc1cc(C)c(NC(=O)[C@@H](C)OC(=O)C2CCN(C(=O)OC(C)(C)C)CC2)c(C)c1. The van der Waals surface area contributed by atoms with Crippen LogP contribution >= 0.6 is 0 Å². The third-order valence-electron chi connectivity index (χ3n) is 5.07. The Balaban J connectivity index is 1.86. The number of ether oxygens (including phenoxy) is 2. The van der Waals surface area contributed by atoms with Gasteiger partial charge in [0, 0.05) is 18.8 Å². The predicted molar refractivity (Wildman–Crippen MR) is 115 cm³/mol. The van der Waals surface area contributed by atoms with Crippen LogP contribution in [0.5, 0.6) is 0 Å². The highest BCUT2D eigenvalue weighted by molar-refractivity contribution is 5.96. The minimum Gasteiger partial charge on any atom is -0.452 e. The molecule has 0 aliphatic carbocycles. The number of carbonyl (C=O) groups excluding carboxylic acids is 3. The van der Waals surface area contributed by atoms with Crippen LogP contribution in [0.3, 0.4) is 0 Å². The molecule has 0 saturated carbocycles. The summed E-state index contributed by atoms with van der Waals surface area (Å²) in [5.74, 6) is -1.09. The molecule has 0 aromatic heterocycles. The van der Waals surface area contributed by atoms with E-state index >= 15 is 0 Å². The highest BCUT2D eigenvalue weighted by Crippen LogP contribution is 2.24. The topological polar surface area (TPSA) is 84.9 Å². The molecular formula is C23H34N2O5. The summed E-state index contributed by atoms with van der Waals surface area (Å²) >= 11 is 0. The molecule has 0 bridgehead atoms. The molecule has 1 N–H and O–H groups in total. The Morgan fingerprint density at radius 3 is 2.10 bits per heavy atom. The van der Waals surface area contributed by atoms with Crippen LogP contribution in [-0.2, 0) is 19.1 Å². The first-order valence-electron chi connectivity index (χ1n) is 10.4. The van der Waals surface area contributed by atoms with Crippen LogP contribution in [0.1, 0.15) is 57.2 Å². The van der Waals surface area contributed by atoms with Crippen molar-refractivity contribution in [2.75, 3.05) is 18.4 Å². The highest BCUT2D eigenvalue weighted by atomic mass is 16.6. The number of hydrogen-bond donors (Lipinski definition) is 1. The van der Waals surface area contributed by atoms with Crippen molar-refractivity contribution < 1.29 is 23.9 Å². The van der Waals surface area contributed by atoms with Crippen LogP contribution < -0.4 is 5.32 Å². The molecule has 0 spiro atoms. The third kappa shape index (κ3) is 6.47. The van der Waals surface area contributed by atoms with Crippen LogP contribution in [0.25, 0.3) is 0 Å². The maximum absolute atomic E-state index is 12.5. The number of carbonyl (C=O) groups is 3. The number of nitrogens with one attached hydrogen (secondary N) is 1. The van der Waals surface area contributed by atoms with Crippen molar-refractivity contribution in [2.45, 2.75) is 73.0 Å². The Morgan fingerprint density at radius 1 is 1.07 bits per heavy atom. The quantitative estimate of drug-likeness (QED) is 0.743. The second kappa shape index (κ2) is 9.49. The molecular weight excluding hydrogens is 384 g/mol. The van der Waals surface area contributed by atoms with Gasteiger partial charge in [-0.2, -0.15) is 0 Å². The summed E-state index contributed by atoms with van der Waals surface area (Å²) in [4.78, 5) is 38.8. The first-order valence-corrected chi connectivity index (χ1v) is 10.4. The minimum atomic E-state index is -0.901. The number of aryl methyl sites for hydroxylation is 3. The van der Waals surface area contributed by atoms with Crippen LogP contribution in [-0.4, -0.2) is 47.7 Å². The van der Waals surface area contributed by atoms with Gasteiger partial charge in [0.15, 0.2) is 6.10 Å². The van der Waals surface area contributed by atoms with Crippen LogP contribution in [0.2, 0.25) is 0 Å². The lowest BCUT2D eigenvalue weighted by Crippen LogP contribution is -2.43. The molecule has 7 heteroatoms. The molecule has 0 unspecified atom stereocenters. The lowest BCUT2D eigenvalue weighted by Gasteiger charge is -2.32. The molecule has 1 aliphatic rings. The summed E-state index contributed by atoms with van der Waals surface area (Å²) in [7, 11) is 0. The number of benzene rings is 1. The number of nitrogens with zero attached hydrogens (tertiary/aromatic N) is 1. The summed E-state index contributed by atoms with van der Waals surface area (Å²) < 4.78 is 10.8. The van der Waals surface area contributed by atoms with Gasteiger partial charge in [0.1, 0.15) is 5.60 Å². The maximum Gasteiger partial charge on any atom is 0.410 e. The number of rotatable bonds is 4. The van der Waals surface area contributed by atoms with Crippen molar-refractivity contribution in [1.82, 2.24) is 4.90 Å². The minimum absolute atomic E-state index is 0.332. The molecule has 7 nitrogen and oxygen atoms in total. The van der Waals surface area contributed by atoms with E-state index in [0.29, 0.717) is 25.9 Å². The monoisotopic (exact) mass is 418 g/mol.